The Morgan fingerprint density at radius 3 is 2.87 bits per heavy atom. The molecule has 0 atom stereocenters. The first kappa shape index (κ1) is 14.3. The van der Waals surface area contributed by atoms with Crippen LogP contribution < -0.4 is 4.74 Å². The maximum Gasteiger partial charge on any atom is 0.238 e. The van der Waals surface area contributed by atoms with Crippen LogP contribution in [0, 0.1) is 0 Å². The number of carbonyl (C=O) groups excluding carboxylic acids is 1. The molecule has 2 aromatic heterocycles. The van der Waals surface area contributed by atoms with Crippen LogP contribution >= 0.6 is 11.8 Å². The smallest absolute Gasteiger partial charge is 0.238 e. The highest BCUT2D eigenvalue weighted by molar-refractivity contribution is 7.98. The summed E-state index contributed by atoms with van der Waals surface area (Å²) in [6.07, 6.45) is 2.72. The number of aromatic nitrogens is 3. The SMILES string of the molecule is COc1nc2nc(C(=O)c3ccccc3)cn2c2c1CSCC2. The molecule has 0 saturated carbocycles. The standard InChI is InChI=1S/C17H15N3O2S/c1-22-16-12-10-23-8-7-14(12)20-9-13(18-17(20)19-16)15(21)11-5-3-2-4-6-11/h2-6,9H,7-8,10H2,1H3. The molecule has 116 valence electrons. The molecule has 0 spiro atoms. The predicted molar refractivity (Wildman–Crippen MR) is 89.3 cm³/mol. The molecular formula is C17H15N3O2S. The zero-order valence-electron chi connectivity index (χ0n) is 12.7. The molecule has 3 aromatic rings. The number of hydrogen-bond donors (Lipinski definition) is 0. The lowest BCUT2D eigenvalue weighted by Gasteiger charge is -2.18. The van der Waals surface area contributed by atoms with Crippen molar-refractivity contribution in [1.29, 1.82) is 0 Å². The summed E-state index contributed by atoms with van der Waals surface area (Å²) in [6, 6.07) is 9.19. The van der Waals surface area contributed by atoms with Gasteiger partial charge in [0.15, 0.2) is 0 Å². The van der Waals surface area contributed by atoms with Gasteiger partial charge in [0.1, 0.15) is 5.69 Å². The molecule has 0 N–H and O–H groups in total. The third kappa shape index (κ3) is 2.39. The fraction of sp³-hybridized carbons (Fsp3) is 0.235. The van der Waals surface area contributed by atoms with E-state index in [0.29, 0.717) is 22.9 Å². The number of carbonyl (C=O) groups is 1. The van der Waals surface area contributed by atoms with Crippen molar-refractivity contribution in [2.24, 2.45) is 0 Å². The Balaban J connectivity index is 1.86. The molecule has 6 heteroatoms. The van der Waals surface area contributed by atoms with E-state index in [1.54, 1.807) is 25.4 Å². The molecular weight excluding hydrogens is 310 g/mol. The maximum absolute atomic E-state index is 12.6. The van der Waals surface area contributed by atoms with Gasteiger partial charge in [-0.1, -0.05) is 30.3 Å². The minimum atomic E-state index is -0.0889. The largest absolute Gasteiger partial charge is 0.481 e. The minimum absolute atomic E-state index is 0.0889. The van der Waals surface area contributed by atoms with E-state index < -0.39 is 0 Å². The lowest BCUT2D eigenvalue weighted by atomic mass is 10.1. The summed E-state index contributed by atoms with van der Waals surface area (Å²) in [6.45, 7) is 0. The number of rotatable bonds is 3. The molecule has 0 saturated heterocycles. The van der Waals surface area contributed by atoms with E-state index in [-0.39, 0.29) is 5.78 Å². The van der Waals surface area contributed by atoms with Gasteiger partial charge in [-0.2, -0.15) is 16.7 Å². The van der Waals surface area contributed by atoms with Crippen LogP contribution in [0.4, 0.5) is 0 Å². The molecule has 0 unspecified atom stereocenters. The van der Waals surface area contributed by atoms with Crippen molar-refractivity contribution in [2.75, 3.05) is 12.9 Å². The average molecular weight is 325 g/mol. The second-order valence-electron chi connectivity index (χ2n) is 5.34. The van der Waals surface area contributed by atoms with Crippen LogP contribution in [0.5, 0.6) is 5.88 Å². The summed E-state index contributed by atoms with van der Waals surface area (Å²) in [5.41, 5.74) is 3.29. The lowest BCUT2D eigenvalue weighted by molar-refractivity contribution is 0.103. The molecule has 1 aliphatic rings. The molecule has 23 heavy (non-hydrogen) atoms. The third-order valence-corrected chi connectivity index (χ3v) is 4.96. The average Bonchev–Trinajstić information content (AvgIpc) is 3.05. The van der Waals surface area contributed by atoms with E-state index in [9.17, 15) is 4.79 Å². The van der Waals surface area contributed by atoms with Crippen LogP contribution in [0.2, 0.25) is 0 Å². The molecule has 3 heterocycles. The van der Waals surface area contributed by atoms with E-state index in [4.69, 9.17) is 4.74 Å². The Labute approximate surface area is 137 Å². The molecule has 0 fully saturated rings. The van der Waals surface area contributed by atoms with Gasteiger partial charge in [-0.15, -0.1) is 0 Å². The Morgan fingerprint density at radius 2 is 2.09 bits per heavy atom. The Bertz CT molecular complexity index is 890. The van der Waals surface area contributed by atoms with Gasteiger partial charge in [0, 0.05) is 28.8 Å². The van der Waals surface area contributed by atoms with E-state index in [2.05, 4.69) is 9.97 Å². The van der Waals surface area contributed by atoms with Crippen LogP contribution in [0.25, 0.3) is 5.78 Å². The number of ketones is 1. The van der Waals surface area contributed by atoms with Gasteiger partial charge in [0.25, 0.3) is 0 Å². The number of nitrogens with zero attached hydrogens (tertiary/aromatic N) is 3. The van der Waals surface area contributed by atoms with Crippen molar-refractivity contribution in [3.8, 4) is 5.88 Å². The van der Waals surface area contributed by atoms with E-state index in [1.165, 1.54) is 0 Å². The normalized spacial score (nSPS) is 13.8. The van der Waals surface area contributed by atoms with Gasteiger partial charge >= 0.3 is 0 Å². The number of hydrogen-bond acceptors (Lipinski definition) is 5. The van der Waals surface area contributed by atoms with E-state index >= 15 is 0 Å². The Morgan fingerprint density at radius 1 is 1.26 bits per heavy atom. The second kappa shape index (κ2) is 5.70. The number of methoxy groups -OCH3 is 1. The van der Waals surface area contributed by atoms with Crippen molar-refractivity contribution >= 4 is 23.3 Å². The highest BCUT2D eigenvalue weighted by Crippen LogP contribution is 2.31. The minimum Gasteiger partial charge on any atom is -0.481 e. The number of thioether (sulfide) groups is 1. The summed E-state index contributed by atoms with van der Waals surface area (Å²) in [5.74, 6) is 2.97. The maximum atomic E-state index is 12.6. The first-order chi connectivity index (χ1) is 11.3. The third-order valence-electron chi connectivity index (χ3n) is 3.98. The zero-order valence-corrected chi connectivity index (χ0v) is 13.5. The summed E-state index contributed by atoms with van der Waals surface area (Å²) >= 11 is 1.86. The fourth-order valence-corrected chi connectivity index (χ4v) is 3.83. The van der Waals surface area contributed by atoms with Gasteiger partial charge in [-0.3, -0.25) is 9.20 Å². The van der Waals surface area contributed by atoms with Crippen LogP contribution in [-0.2, 0) is 12.2 Å². The molecule has 4 rings (SSSR count). The Kier molecular flexibility index (Phi) is 3.53. The molecule has 0 aliphatic carbocycles. The number of benzene rings is 1. The van der Waals surface area contributed by atoms with Crippen molar-refractivity contribution in [3.05, 3.63) is 59.0 Å². The van der Waals surface area contributed by atoms with Gasteiger partial charge < -0.3 is 4.74 Å². The lowest BCUT2D eigenvalue weighted by Crippen LogP contribution is -2.11. The van der Waals surface area contributed by atoms with Gasteiger partial charge in [-0.05, 0) is 12.2 Å². The van der Waals surface area contributed by atoms with E-state index in [1.807, 2.05) is 34.4 Å². The van der Waals surface area contributed by atoms with Crippen LogP contribution in [0.15, 0.2) is 36.5 Å². The van der Waals surface area contributed by atoms with Gasteiger partial charge in [-0.25, -0.2) is 4.98 Å². The van der Waals surface area contributed by atoms with Gasteiger partial charge in [0.2, 0.25) is 17.4 Å². The summed E-state index contributed by atoms with van der Waals surface area (Å²) in [7, 11) is 1.62. The van der Waals surface area contributed by atoms with Crippen LogP contribution in [0.1, 0.15) is 27.3 Å². The van der Waals surface area contributed by atoms with Crippen LogP contribution in [-0.4, -0.2) is 33.0 Å². The van der Waals surface area contributed by atoms with Gasteiger partial charge in [0.05, 0.1) is 7.11 Å². The monoisotopic (exact) mass is 325 g/mol. The van der Waals surface area contributed by atoms with E-state index in [0.717, 1.165) is 29.2 Å². The molecule has 1 aromatic carbocycles. The molecule has 0 radical (unpaired) electrons. The van der Waals surface area contributed by atoms with Crippen molar-refractivity contribution in [1.82, 2.24) is 14.4 Å². The quantitative estimate of drug-likeness (QED) is 0.693. The number of imidazole rings is 1. The Hall–Kier alpha value is -2.34. The fourth-order valence-electron chi connectivity index (χ4n) is 2.85. The van der Waals surface area contributed by atoms with Crippen molar-refractivity contribution in [2.45, 2.75) is 12.2 Å². The first-order valence-corrected chi connectivity index (χ1v) is 8.55. The number of aryl methyl sites for hydroxylation is 1. The summed E-state index contributed by atoms with van der Waals surface area (Å²) < 4.78 is 7.35. The predicted octanol–water partition coefficient (Wildman–Crippen LogP) is 2.76. The second-order valence-corrected chi connectivity index (χ2v) is 6.45. The molecule has 0 amide bonds. The highest BCUT2D eigenvalue weighted by atomic mass is 32.2. The van der Waals surface area contributed by atoms with Crippen molar-refractivity contribution < 1.29 is 9.53 Å². The number of ether oxygens (including phenoxy) is 1. The molecule has 1 aliphatic heterocycles. The zero-order chi connectivity index (χ0) is 15.8. The van der Waals surface area contributed by atoms with Crippen LogP contribution in [0.3, 0.4) is 0 Å². The number of fused-ring (bicyclic) bond motifs is 3. The topological polar surface area (TPSA) is 56.5 Å². The van der Waals surface area contributed by atoms with Crippen molar-refractivity contribution in [3.63, 3.8) is 0 Å². The highest BCUT2D eigenvalue weighted by Gasteiger charge is 2.22. The molecule has 0 bridgehead atoms. The first-order valence-electron chi connectivity index (χ1n) is 7.40. The summed E-state index contributed by atoms with van der Waals surface area (Å²) in [4.78, 5) is 21.5. The molecule has 5 nitrogen and oxygen atoms in total. The summed E-state index contributed by atoms with van der Waals surface area (Å²) in [5, 5.41) is 0.